The molecule has 2 aliphatic rings. The molecule has 4 heterocycles. The first-order valence-corrected chi connectivity index (χ1v) is 10.5. The van der Waals surface area contributed by atoms with Crippen LogP contribution < -0.4 is 0 Å². The van der Waals surface area contributed by atoms with E-state index in [1.165, 1.54) is 25.1 Å². The van der Waals surface area contributed by atoms with E-state index in [0.29, 0.717) is 12.6 Å². The van der Waals surface area contributed by atoms with E-state index in [1.807, 2.05) is 13.1 Å². The first-order chi connectivity index (χ1) is 12.8. The Balaban J connectivity index is 1.29. The van der Waals surface area contributed by atoms with Crippen LogP contribution >= 0.6 is 11.3 Å². The molecule has 0 amide bonds. The van der Waals surface area contributed by atoms with Crippen LogP contribution in [-0.4, -0.2) is 52.6 Å². The zero-order valence-corrected chi connectivity index (χ0v) is 16.3. The molecule has 0 aliphatic carbocycles. The zero-order chi connectivity index (χ0) is 17.8. The number of thiazole rings is 1. The van der Waals surface area contributed by atoms with Gasteiger partial charge in [0.05, 0.1) is 29.0 Å². The fourth-order valence-electron chi connectivity index (χ4n) is 3.98. The van der Waals surface area contributed by atoms with Crippen molar-refractivity contribution in [3.05, 3.63) is 34.0 Å². The van der Waals surface area contributed by atoms with Crippen molar-refractivity contribution in [1.29, 1.82) is 0 Å². The summed E-state index contributed by atoms with van der Waals surface area (Å²) in [6.45, 7) is 8.46. The number of aryl methyl sites for hydroxylation is 1. The summed E-state index contributed by atoms with van der Waals surface area (Å²) in [5, 5.41) is 7.74. The van der Waals surface area contributed by atoms with Crippen LogP contribution in [0.1, 0.15) is 41.7 Å². The van der Waals surface area contributed by atoms with Crippen molar-refractivity contribution in [2.45, 2.75) is 45.4 Å². The molecule has 0 N–H and O–H groups in total. The fraction of sp³-hybridized carbons (Fsp3) is 0.684. The van der Waals surface area contributed by atoms with Gasteiger partial charge < -0.3 is 9.47 Å². The Labute approximate surface area is 159 Å². The van der Waals surface area contributed by atoms with Gasteiger partial charge >= 0.3 is 0 Å². The Hall–Kier alpha value is -1.28. The highest BCUT2D eigenvalue weighted by molar-refractivity contribution is 7.09. The normalized spacial score (nSPS) is 21.8. The zero-order valence-electron chi connectivity index (χ0n) is 15.5. The van der Waals surface area contributed by atoms with Gasteiger partial charge in [-0.15, -0.1) is 11.3 Å². The number of ether oxygens (including phenoxy) is 2. The topological polar surface area (TPSA) is 52.4 Å². The van der Waals surface area contributed by atoms with E-state index in [1.54, 1.807) is 11.3 Å². The number of hydrogen-bond acceptors (Lipinski definition) is 6. The van der Waals surface area contributed by atoms with Crippen molar-refractivity contribution in [2.24, 2.45) is 5.92 Å². The van der Waals surface area contributed by atoms with Crippen molar-refractivity contribution in [2.75, 3.05) is 32.9 Å². The lowest BCUT2D eigenvalue weighted by Gasteiger charge is -2.36. The smallest absolute Gasteiger partial charge is 0.0898 e. The van der Waals surface area contributed by atoms with E-state index in [2.05, 4.69) is 31.1 Å². The highest BCUT2D eigenvalue weighted by Gasteiger charge is 2.27. The molecule has 7 heteroatoms. The molecule has 0 radical (unpaired) electrons. The van der Waals surface area contributed by atoms with Gasteiger partial charge in [-0.2, -0.15) is 5.10 Å². The van der Waals surface area contributed by atoms with E-state index in [-0.39, 0.29) is 0 Å². The third kappa shape index (κ3) is 4.52. The average molecular weight is 377 g/mol. The van der Waals surface area contributed by atoms with Crippen molar-refractivity contribution < 1.29 is 9.47 Å². The van der Waals surface area contributed by atoms with Crippen LogP contribution in [0.25, 0.3) is 0 Å². The molecule has 0 bridgehead atoms. The van der Waals surface area contributed by atoms with E-state index in [0.717, 1.165) is 56.0 Å². The van der Waals surface area contributed by atoms with Gasteiger partial charge in [-0.1, -0.05) is 0 Å². The fourth-order valence-corrected chi connectivity index (χ4v) is 4.58. The summed E-state index contributed by atoms with van der Waals surface area (Å²) in [7, 11) is 0. The molecule has 1 atom stereocenters. The van der Waals surface area contributed by atoms with Crippen LogP contribution in [0.4, 0.5) is 0 Å². The summed E-state index contributed by atoms with van der Waals surface area (Å²) < 4.78 is 13.6. The van der Waals surface area contributed by atoms with Crippen LogP contribution in [0, 0.1) is 12.8 Å². The molecule has 1 fully saturated rings. The second-order valence-electron chi connectivity index (χ2n) is 7.37. The number of rotatable bonds is 7. The van der Waals surface area contributed by atoms with Crippen molar-refractivity contribution in [1.82, 2.24) is 19.7 Å². The van der Waals surface area contributed by atoms with E-state index in [9.17, 15) is 0 Å². The summed E-state index contributed by atoms with van der Waals surface area (Å²) in [6.07, 6.45) is 5.30. The predicted molar refractivity (Wildman–Crippen MR) is 101 cm³/mol. The summed E-state index contributed by atoms with van der Waals surface area (Å²) in [6, 6.07) is 2.55. The van der Waals surface area contributed by atoms with Gasteiger partial charge in [-0.3, -0.25) is 9.58 Å². The second kappa shape index (κ2) is 8.61. The predicted octanol–water partition coefficient (Wildman–Crippen LogP) is 3.04. The van der Waals surface area contributed by atoms with Gasteiger partial charge in [0.15, 0.2) is 0 Å². The lowest BCUT2D eigenvalue weighted by molar-refractivity contribution is 0.0405. The van der Waals surface area contributed by atoms with Crippen molar-refractivity contribution in [3.63, 3.8) is 0 Å². The van der Waals surface area contributed by atoms with E-state index >= 15 is 0 Å². The number of fused-ring (bicyclic) bond motifs is 1. The van der Waals surface area contributed by atoms with Gasteiger partial charge in [0.25, 0.3) is 0 Å². The molecular formula is C19H28N4O2S. The minimum Gasteiger partial charge on any atom is -0.381 e. The molecule has 0 spiro atoms. The molecule has 2 aromatic rings. The highest BCUT2D eigenvalue weighted by Crippen LogP contribution is 2.26. The molecule has 1 unspecified atom stereocenters. The van der Waals surface area contributed by atoms with Crippen LogP contribution in [0.3, 0.4) is 0 Å². The van der Waals surface area contributed by atoms with Gasteiger partial charge in [0.1, 0.15) is 0 Å². The molecule has 0 saturated carbocycles. The Kier molecular flexibility index (Phi) is 5.99. The molecule has 4 rings (SSSR count). The molecular weight excluding hydrogens is 348 g/mol. The van der Waals surface area contributed by atoms with Gasteiger partial charge in [-0.25, -0.2) is 4.98 Å². The average Bonchev–Trinajstić information content (AvgIpc) is 3.28. The van der Waals surface area contributed by atoms with Gasteiger partial charge in [0.2, 0.25) is 0 Å². The van der Waals surface area contributed by atoms with E-state index < -0.39 is 0 Å². The number of nitrogens with zero attached hydrogens (tertiary/aromatic N) is 4. The summed E-state index contributed by atoms with van der Waals surface area (Å²) in [5.74, 6) is 0.767. The minimum absolute atomic E-state index is 0.394. The van der Waals surface area contributed by atoms with Crippen molar-refractivity contribution in [3.8, 4) is 0 Å². The lowest BCUT2D eigenvalue weighted by Crippen LogP contribution is -2.41. The Morgan fingerprint density at radius 3 is 3.04 bits per heavy atom. The Morgan fingerprint density at radius 2 is 2.23 bits per heavy atom. The molecule has 0 aromatic carbocycles. The second-order valence-corrected chi connectivity index (χ2v) is 8.43. The first-order valence-electron chi connectivity index (χ1n) is 9.59. The standard InChI is InChI=1S/C19H28N4O2S/c1-15-21-17(14-26-15)13-25-9-5-19-12-22(10-16-3-7-24-8-4-16)11-18-2-6-20-23(18)19/h2,6,14,16,19H,3-5,7-13H2,1H3. The molecule has 26 heavy (non-hydrogen) atoms. The van der Waals surface area contributed by atoms with Gasteiger partial charge in [-0.05, 0) is 38.2 Å². The number of aromatic nitrogens is 3. The maximum absolute atomic E-state index is 5.88. The monoisotopic (exact) mass is 376 g/mol. The third-order valence-electron chi connectivity index (χ3n) is 5.32. The maximum Gasteiger partial charge on any atom is 0.0898 e. The molecule has 2 aromatic heterocycles. The lowest BCUT2D eigenvalue weighted by atomic mass is 9.98. The largest absolute Gasteiger partial charge is 0.381 e. The van der Waals surface area contributed by atoms with Crippen LogP contribution in [0.2, 0.25) is 0 Å². The SMILES string of the molecule is Cc1nc(COCCC2CN(CC3CCOCC3)Cc3ccnn32)cs1. The Morgan fingerprint density at radius 1 is 1.35 bits per heavy atom. The third-order valence-corrected chi connectivity index (χ3v) is 6.14. The minimum atomic E-state index is 0.394. The van der Waals surface area contributed by atoms with Crippen LogP contribution in [-0.2, 0) is 22.6 Å². The number of hydrogen-bond donors (Lipinski definition) is 0. The Bertz CT molecular complexity index is 695. The summed E-state index contributed by atoms with van der Waals surface area (Å²) >= 11 is 1.68. The quantitative estimate of drug-likeness (QED) is 0.695. The molecule has 142 valence electrons. The maximum atomic E-state index is 5.88. The molecule has 6 nitrogen and oxygen atoms in total. The van der Waals surface area contributed by atoms with Crippen molar-refractivity contribution >= 4 is 11.3 Å². The highest BCUT2D eigenvalue weighted by atomic mass is 32.1. The molecule has 2 aliphatic heterocycles. The summed E-state index contributed by atoms with van der Waals surface area (Å²) in [4.78, 5) is 7.06. The van der Waals surface area contributed by atoms with Crippen LogP contribution in [0.15, 0.2) is 17.6 Å². The summed E-state index contributed by atoms with van der Waals surface area (Å²) in [5.41, 5.74) is 2.36. The molecule has 1 saturated heterocycles. The van der Waals surface area contributed by atoms with Crippen LogP contribution in [0.5, 0.6) is 0 Å². The first kappa shape index (κ1) is 18.1. The van der Waals surface area contributed by atoms with E-state index in [4.69, 9.17) is 9.47 Å². The van der Waals surface area contributed by atoms with Gasteiger partial charge in [0, 0.05) is 51.0 Å².